The van der Waals surface area contributed by atoms with Gasteiger partial charge in [-0.1, -0.05) is 38.1 Å². The first kappa shape index (κ1) is 22.0. The fraction of sp³-hybridized carbons (Fsp3) is 0.600. The number of rotatable bonds is 11. The molecule has 0 aliphatic rings. The van der Waals surface area contributed by atoms with Crippen molar-refractivity contribution < 1.29 is 9.53 Å². The van der Waals surface area contributed by atoms with Crippen molar-refractivity contribution in [2.24, 2.45) is 4.99 Å². The molecule has 1 aromatic carbocycles. The normalized spacial score (nSPS) is 11.5. The summed E-state index contributed by atoms with van der Waals surface area (Å²) in [6.07, 6.45) is 2.02. The van der Waals surface area contributed by atoms with E-state index in [-0.39, 0.29) is 12.5 Å². The summed E-state index contributed by atoms with van der Waals surface area (Å²) in [6, 6.07) is 8.83. The molecule has 1 rings (SSSR count). The molecule has 146 valence electrons. The van der Waals surface area contributed by atoms with Gasteiger partial charge in [0.15, 0.2) is 5.96 Å². The van der Waals surface area contributed by atoms with Gasteiger partial charge in [-0.2, -0.15) is 0 Å². The molecule has 0 aliphatic heterocycles. The molecule has 0 unspecified atom stereocenters. The third-order valence-corrected chi connectivity index (χ3v) is 3.93. The van der Waals surface area contributed by atoms with Crippen LogP contribution in [-0.4, -0.2) is 51.8 Å². The minimum Gasteiger partial charge on any atom is -0.383 e. The van der Waals surface area contributed by atoms with Gasteiger partial charge in [-0.05, 0) is 36.8 Å². The maximum absolute atomic E-state index is 11.7. The number of aryl methyl sites for hydroxylation is 1. The van der Waals surface area contributed by atoms with Crippen LogP contribution in [0.5, 0.6) is 0 Å². The van der Waals surface area contributed by atoms with Gasteiger partial charge in [0, 0.05) is 26.7 Å². The van der Waals surface area contributed by atoms with Gasteiger partial charge in [-0.25, -0.2) is 4.99 Å². The average Bonchev–Trinajstić information content (AvgIpc) is 2.63. The standard InChI is InChI=1S/C20H34N4O2/c1-5-21-20(24-15-19(25)22-13-14-26-4)23-12-6-7-17-8-10-18(11-9-17)16(2)3/h8-11,16H,5-7,12-15H2,1-4H3,(H,22,25)(H2,21,23,24). The second kappa shape index (κ2) is 13.2. The molecule has 0 saturated heterocycles. The Balaban J connectivity index is 2.33. The number of nitrogens with one attached hydrogen (secondary N) is 3. The summed E-state index contributed by atoms with van der Waals surface area (Å²) in [4.78, 5) is 16.0. The van der Waals surface area contributed by atoms with Gasteiger partial charge < -0.3 is 20.7 Å². The highest BCUT2D eigenvalue weighted by atomic mass is 16.5. The topological polar surface area (TPSA) is 74.8 Å². The van der Waals surface area contributed by atoms with Crippen molar-refractivity contribution >= 4 is 11.9 Å². The van der Waals surface area contributed by atoms with Crippen molar-refractivity contribution in [2.45, 2.75) is 39.5 Å². The molecule has 0 radical (unpaired) electrons. The quantitative estimate of drug-likeness (QED) is 0.320. The second-order valence-electron chi connectivity index (χ2n) is 6.46. The first-order chi connectivity index (χ1) is 12.6. The number of amides is 1. The molecule has 6 heteroatoms. The van der Waals surface area contributed by atoms with E-state index < -0.39 is 0 Å². The SMILES string of the molecule is CCNC(=NCC(=O)NCCOC)NCCCc1ccc(C(C)C)cc1. The van der Waals surface area contributed by atoms with Crippen molar-refractivity contribution in [1.29, 1.82) is 0 Å². The summed E-state index contributed by atoms with van der Waals surface area (Å²) in [5.41, 5.74) is 2.72. The number of carbonyl (C=O) groups excluding carboxylic acids is 1. The molecule has 3 N–H and O–H groups in total. The van der Waals surface area contributed by atoms with E-state index in [4.69, 9.17) is 4.74 Å². The molecule has 0 aliphatic carbocycles. The number of benzene rings is 1. The third kappa shape index (κ3) is 9.42. The number of carbonyl (C=O) groups is 1. The molecule has 26 heavy (non-hydrogen) atoms. The lowest BCUT2D eigenvalue weighted by molar-refractivity contribution is -0.119. The average molecular weight is 363 g/mol. The summed E-state index contributed by atoms with van der Waals surface area (Å²) in [7, 11) is 1.61. The lowest BCUT2D eigenvalue weighted by atomic mass is 10.0. The van der Waals surface area contributed by atoms with Crippen molar-refractivity contribution in [1.82, 2.24) is 16.0 Å². The zero-order chi connectivity index (χ0) is 19.2. The first-order valence-corrected chi connectivity index (χ1v) is 9.43. The van der Waals surface area contributed by atoms with E-state index in [1.807, 2.05) is 6.92 Å². The molecular weight excluding hydrogens is 328 g/mol. The molecule has 0 bridgehead atoms. The number of methoxy groups -OCH3 is 1. The monoisotopic (exact) mass is 362 g/mol. The Labute approximate surface area is 157 Å². The fourth-order valence-electron chi connectivity index (χ4n) is 2.41. The van der Waals surface area contributed by atoms with Gasteiger partial charge in [0.25, 0.3) is 0 Å². The predicted octanol–water partition coefficient (Wildman–Crippen LogP) is 2.06. The highest BCUT2D eigenvalue weighted by molar-refractivity contribution is 5.84. The lowest BCUT2D eigenvalue weighted by Crippen LogP contribution is -2.39. The molecular formula is C20H34N4O2. The molecule has 0 fully saturated rings. The first-order valence-electron chi connectivity index (χ1n) is 9.43. The highest BCUT2D eigenvalue weighted by Gasteiger charge is 2.02. The fourth-order valence-corrected chi connectivity index (χ4v) is 2.41. The number of hydrogen-bond acceptors (Lipinski definition) is 3. The highest BCUT2D eigenvalue weighted by Crippen LogP contribution is 2.15. The molecule has 6 nitrogen and oxygen atoms in total. The second-order valence-corrected chi connectivity index (χ2v) is 6.46. The Bertz CT molecular complexity index is 541. The van der Waals surface area contributed by atoms with Crippen molar-refractivity contribution in [2.75, 3.05) is 39.9 Å². The summed E-state index contributed by atoms with van der Waals surface area (Å²) in [5, 5.41) is 9.19. The van der Waals surface area contributed by atoms with E-state index in [1.54, 1.807) is 7.11 Å². The largest absolute Gasteiger partial charge is 0.383 e. The molecule has 0 aromatic heterocycles. The van der Waals surface area contributed by atoms with Crippen LogP contribution in [-0.2, 0) is 16.0 Å². The minimum atomic E-state index is -0.107. The van der Waals surface area contributed by atoms with Crippen molar-refractivity contribution in [3.05, 3.63) is 35.4 Å². The van der Waals surface area contributed by atoms with E-state index in [0.29, 0.717) is 25.0 Å². The van der Waals surface area contributed by atoms with Gasteiger partial charge in [0.1, 0.15) is 6.54 Å². The van der Waals surface area contributed by atoms with E-state index in [0.717, 1.165) is 25.9 Å². The van der Waals surface area contributed by atoms with Crippen LogP contribution in [0.3, 0.4) is 0 Å². The zero-order valence-corrected chi connectivity index (χ0v) is 16.6. The number of hydrogen-bond donors (Lipinski definition) is 3. The number of nitrogens with zero attached hydrogens (tertiary/aromatic N) is 1. The molecule has 0 heterocycles. The van der Waals surface area contributed by atoms with Crippen LogP contribution in [0.25, 0.3) is 0 Å². The Morgan fingerprint density at radius 2 is 1.85 bits per heavy atom. The van der Waals surface area contributed by atoms with Crippen LogP contribution in [0.15, 0.2) is 29.3 Å². The number of ether oxygens (including phenoxy) is 1. The van der Waals surface area contributed by atoms with E-state index in [1.165, 1.54) is 11.1 Å². The molecule has 0 saturated carbocycles. The van der Waals surface area contributed by atoms with Crippen molar-refractivity contribution in [3.8, 4) is 0 Å². The number of aliphatic imine (C=N–C) groups is 1. The van der Waals surface area contributed by atoms with E-state index >= 15 is 0 Å². The summed E-state index contributed by atoms with van der Waals surface area (Å²) in [6.45, 7) is 9.10. The van der Waals surface area contributed by atoms with E-state index in [2.05, 4.69) is 59.1 Å². The van der Waals surface area contributed by atoms with Crippen LogP contribution in [0.2, 0.25) is 0 Å². The minimum absolute atomic E-state index is 0.107. The van der Waals surface area contributed by atoms with Crippen LogP contribution in [0.1, 0.15) is 44.2 Å². The predicted molar refractivity (Wildman–Crippen MR) is 108 cm³/mol. The Kier molecular flexibility index (Phi) is 11.1. The molecule has 1 amide bonds. The van der Waals surface area contributed by atoms with Gasteiger partial charge >= 0.3 is 0 Å². The summed E-state index contributed by atoms with van der Waals surface area (Å²) in [5.74, 6) is 1.13. The summed E-state index contributed by atoms with van der Waals surface area (Å²) >= 11 is 0. The van der Waals surface area contributed by atoms with Gasteiger partial charge in [0.05, 0.1) is 6.61 Å². The smallest absolute Gasteiger partial charge is 0.241 e. The van der Waals surface area contributed by atoms with E-state index in [9.17, 15) is 4.79 Å². The molecule has 1 aromatic rings. The maximum Gasteiger partial charge on any atom is 0.241 e. The molecule has 0 spiro atoms. The van der Waals surface area contributed by atoms with Crippen LogP contribution in [0.4, 0.5) is 0 Å². The number of guanidine groups is 1. The lowest BCUT2D eigenvalue weighted by Gasteiger charge is -2.11. The van der Waals surface area contributed by atoms with Crippen LogP contribution < -0.4 is 16.0 Å². The van der Waals surface area contributed by atoms with Gasteiger partial charge in [0.2, 0.25) is 5.91 Å². The zero-order valence-electron chi connectivity index (χ0n) is 16.6. The Hall–Kier alpha value is -2.08. The maximum atomic E-state index is 11.7. The Morgan fingerprint density at radius 1 is 1.12 bits per heavy atom. The van der Waals surface area contributed by atoms with Gasteiger partial charge in [-0.15, -0.1) is 0 Å². The van der Waals surface area contributed by atoms with Crippen molar-refractivity contribution in [3.63, 3.8) is 0 Å². The molecule has 0 atom stereocenters. The van der Waals surface area contributed by atoms with Crippen LogP contribution in [0, 0.1) is 0 Å². The van der Waals surface area contributed by atoms with Gasteiger partial charge in [-0.3, -0.25) is 4.79 Å². The third-order valence-electron chi connectivity index (χ3n) is 3.93. The Morgan fingerprint density at radius 3 is 2.46 bits per heavy atom. The van der Waals surface area contributed by atoms with Crippen LogP contribution >= 0.6 is 0 Å². The summed E-state index contributed by atoms with van der Waals surface area (Å²) < 4.78 is 4.90.